The summed E-state index contributed by atoms with van der Waals surface area (Å²) in [5.41, 5.74) is 9.91. The maximum atomic E-state index is 12.9. The third kappa shape index (κ3) is 4.21. The van der Waals surface area contributed by atoms with Gasteiger partial charge < -0.3 is 10.5 Å². The van der Waals surface area contributed by atoms with E-state index in [9.17, 15) is 13.2 Å². The van der Waals surface area contributed by atoms with Crippen molar-refractivity contribution in [1.29, 1.82) is 0 Å². The Labute approximate surface area is 189 Å². The van der Waals surface area contributed by atoms with E-state index < -0.39 is 15.6 Å². The number of hydrogen-bond donors (Lipinski definition) is 2. The molecule has 3 aliphatic rings. The van der Waals surface area contributed by atoms with Gasteiger partial charge in [-0.25, -0.2) is 8.42 Å². The number of benzene rings is 2. The molecule has 1 spiro atoms. The number of hydrogen-bond acceptors (Lipinski definition) is 6. The Balaban J connectivity index is 1.26. The Hall–Kier alpha value is -2.58. The lowest BCUT2D eigenvalue weighted by molar-refractivity contribution is -0.0200. The molecule has 1 aliphatic carbocycles. The van der Waals surface area contributed by atoms with E-state index in [1.807, 2.05) is 6.07 Å². The van der Waals surface area contributed by atoms with Gasteiger partial charge in [0.25, 0.3) is 0 Å². The van der Waals surface area contributed by atoms with Gasteiger partial charge in [0.2, 0.25) is 10.0 Å². The average molecular weight is 456 g/mol. The Morgan fingerprint density at radius 2 is 1.91 bits per heavy atom. The number of carbonyl (C=O) groups excluding carboxylic acids is 1. The molecule has 2 heterocycles. The monoisotopic (exact) mass is 455 g/mol. The molecule has 1 atom stereocenters. The van der Waals surface area contributed by atoms with Crippen LogP contribution in [-0.2, 0) is 22.9 Å². The van der Waals surface area contributed by atoms with E-state index in [4.69, 9.17) is 10.5 Å². The lowest BCUT2D eigenvalue weighted by Gasteiger charge is -2.46. The number of rotatable bonds is 3. The second kappa shape index (κ2) is 7.78. The largest absolute Gasteiger partial charge is 0.486 e. The van der Waals surface area contributed by atoms with Crippen LogP contribution in [0.5, 0.6) is 5.75 Å². The van der Waals surface area contributed by atoms with E-state index in [2.05, 4.69) is 21.8 Å². The second-order valence-corrected chi connectivity index (χ2v) is 11.2. The first-order chi connectivity index (χ1) is 15.2. The molecule has 0 bridgehead atoms. The number of nitrogen functional groups attached to an aromatic ring is 1. The van der Waals surface area contributed by atoms with Crippen molar-refractivity contribution in [3.63, 3.8) is 0 Å². The number of ether oxygens (including phenoxy) is 1. The number of piperidine rings is 1. The van der Waals surface area contributed by atoms with E-state index in [1.54, 1.807) is 18.2 Å². The third-order valence-corrected chi connectivity index (χ3v) is 7.66. The molecule has 3 N–H and O–H groups in total. The predicted octanol–water partition coefficient (Wildman–Crippen LogP) is 3.00. The van der Waals surface area contributed by atoms with Gasteiger partial charge >= 0.3 is 0 Å². The van der Waals surface area contributed by atoms with Gasteiger partial charge in [-0.1, -0.05) is 6.07 Å². The van der Waals surface area contributed by atoms with Crippen LogP contribution >= 0.6 is 0 Å². The molecule has 5 rings (SSSR count). The summed E-state index contributed by atoms with van der Waals surface area (Å²) in [6.07, 6.45) is 6.28. The molecular weight excluding hydrogens is 426 g/mol. The van der Waals surface area contributed by atoms with Gasteiger partial charge in [-0.05, 0) is 60.7 Å². The summed E-state index contributed by atoms with van der Waals surface area (Å²) in [5, 5.41) is 0. The van der Waals surface area contributed by atoms with Crippen molar-refractivity contribution < 1.29 is 17.9 Å². The number of nitrogens with zero attached hydrogens (tertiary/aromatic N) is 1. The van der Waals surface area contributed by atoms with Crippen LogP contribution < -0.4 is 15.2 Å². The number of anilines is 2. The summed E-state index contributed by atoms with van der Waals surface area (Å²) in [6.45, 7) is 1.82. The number of Topliss-reactive ketones (excluding diaryl/α,β-unsaturated/α-hetero) is 1. The minimum atomic E-state index is -3.40. The van der Waals surface area contributed by atoms with Crippen molar-refractivity contribution in [2.75, 3.05) is 29.8 Å². The van der Waals surface area contributed by atoms with E-state index in [-0.39, 0.29) is 5.78 Å². The van der Waals surface area contributed by atoms with Crippen LogP contribution in [0.1, 0.15) is 47.2 Å². The summed E-state index contributed by atoms with van der Waals surface area (Å²) < 4.78 is 31.8. The fourth-order valence-corrected chi connectivity index (χ4v) is 5.97. The highest BCUT2D eigenvalue weighted by Crippen LogP contribution is 2.41. The number of ketones is 1. The van der Waals surface area contributed by atoms with Gasteiger partial charge in [0.1, 0.15) is 11.4 Å². The predicted molar refractivity (Wildman–Crippen MR) is 125 cm³/mol. The fraction of sp³-hybridized carbons (Fsp3) is 0.458. The molecule has 0 aromatic heterocycles. The Kier molecular flexibility index (Phi) is 5.17. The molecule has 170 valence electrons. The topological polar surface area (TPSA) is 102 Å². The summed E-state index contributed by atoms with van der Waals surface area (Å²) in [4.78, 5) is 15.5. The quantitative estimate of drug-likeness (QED) is 0.690. The molecule has 32 heavy (non-hydrogen) atoms. The van der Waals surface area contributed by atoms with Gasteiger partial charge in [-0.3, -0.25) is 14.4 Å². The number of nitrogens with two attached hydrogens (primary N) is 1. The second-order valence-electron chi connectivity index (χ2n) is 9.43. The fourth-order valence-electron chi connectivity index (χ4n) is 5.41. The van der Waals surface area contributed by atoms with Gasteiger partial charge in [-0.15, -0.1) is 0 Å². The number of carbonyl (C=O) groups is 1. The Bertz CT molecular complexity index is 1170. The molecule has 0 saturated carbocycles. The Morgan fingerprint density at radius 1 is 1.12 bits per heavy atom. The number of aryl methyl sites for hydroxylation is 1. The molecule has 8 heteroatoms. The smallest absolute Gasteiger partial charge is 0.229 e. The number of likely N-dealkylation sites (tertiary alicyclic amines) is 1. The minimum absolute atomic E-state index is 0.0148. The van der Waals surface area contributed by atoms with E-state index >= 15 is 0 Å². The Morgan fingerprint density at radius 3 is 2.66 bits per heavy atom. The molecule has 0 unspecified atom stereocenters. The molecule has 1 fully saturated rings. The minimum Gasteiger partial charge on any atom is -0.486 e. The molecule has 2 aliphatic heterocycles. The van der Waals surface area contributed by atoms with E-state index in [0.29, 0.717) is 29.5 Å². The molecule has 2 aromatic carbocycles. The number of fused-ring (bicyclic) bond motifs is 2. The maximum absolute atomic E-state index is 12.9. The van der Waals surface area contributed by atoms with Gasteiger partial charge in [0, 0.05) is 43.3 Å². The highest BCUT2D eigenvalue weighted by molar-refractivity contribution is 7.92. The van der Waals surface area contributed by atoms with Crippen LogP contribution in [0.4, 0.5) is 11.4 Å². The first-order valence-electron chi connectivity index (χ1n) is 11.2. The standard InChI is InChI=1S/C24H29N3O4S/c1-32(29,30)26-19-5-7-23-21(14-19)22(28)15-24(31-23)8-10-27(11-9-24)20-6-3-16-12-18(25)4-2-17(16)13-20/h2,4-5,7,12,14,20,26H,3,6,8-11,13,15,25H2,1H3/t20-/m1/s1. The number of nitrogens with one attached hydrogen (secondary N) is 1. The zero-order valence-electron chi connectivity index (χ0n) is 18.3. The maximum Gasteiger partial charge on any atom is 0.229 e. The van der Waals surface area contributed by atoms with Gasteiger partial charge in [-0.2, -0.15) is 0 Å². The summed E-state index contributed by atoms with van der Waals surface area (Å²) in [6, 6.07) is 11.7. The summed E-state index contributed by atoms with van der Waals surface area (Å²) in [7, 11) is -3.40. The highest BCUT2D eigenvalue weighted by atomic mass is 32.2. The van der Waals surface area contributed by atoms with Crippen LogP contribution in [0.3, 0.4) is 0 Å². The average Bonchev–Trinajstić information content (AvgIpc) is 2.73. The van der Waals surface area contributed by atoms with Crippen LogP contribution in [0, 0.1) is 0 Å². The summed E-state index contributed by atoms with van der Waals surface area (Å²) in [5.74, 6) is 0.568. The van der Waals surface area contributed by atoms with Crippen LogP contribution in [0.2, 0.25) is 0 Å². The molecule has 7 nitrogen and oxygen atoms in total. The van der Waals surface area contributed by atoms with Crippen LogP contribution in [0.15, 0.2) is 36.4 Å². The third-order valence-electron chi connectivity index (χ3n) is 7.05. The van der Waals surface area contributed by atoms with Crippen LogP contribution in [0.25, 0.3) is 0 Å². The van der Waals surface area contributed by atoms with Crippen molar-refractivity contribution in [3.8, 4) is 5.75 Å². The van der Waals surface area contributed by atoms with Gasteiger partial charge in [0.15, 0.2) is 5.78 Å². The van der Waals surface area contributed by atoms with E-state index in [0.717, 1.165) is 57.1 Å². The first kappa shape index (κ1) is 21.3. The first-order valence-corrected chi connectivity index (χ1v) is 13.0. The van der Waals surface area contributed by atoms with Crippen LogP contribution in [-0.4, -0.2) is 50.1 Å². The zero-order valence-corrected chi connectivity index (χ0v) is 19.1. The van der Waals surface area contributed by atoms with Crippen molar-refractivity contribution in [3.05, 3.63) is 53.1 Å². The number of sulfonamides is 1. The SMILES string of the molecule is CS(=O)(=O)Nc1ccc2c(c1)C(=O)CC1(CCN([C@@H]3CCc4cc(N)ccc4C3)CC1)O2. The molecule has 0 amide bonds. The highest BCUT2D eigenvalue weighted by Gasteiger charge is 2.44. The lowest BCUT2D eigenvalue weighted by atomic mass is 9.80. The van der Waals surface area contributed by atoms with Crippen molar-refractivity contribution in [2.45, 2.75) is 50.2 Å². The molecular formula is C24H29N3O4S. The van der Waals surface area contributed by atoms with Crippen molar-refractivity contribution in [1.82, 2.24) is 4.90 Å². The lowest BCUT2D eigenvalue weighted by Crippen LogP contribution is -2.54. The summed E-state index contributed by atoms with van der Waals surface area (Å²) >= 11 is 0. The molecule has 2 aromatic rings. The normalized spacial score (nSPS) is 22.7. The molecule has 0 radical (unpaired) electrons. The van der Waals surface area contributed by atoms with E-state index in [1.165, 1.54) is 11.1 Å². The molecule has 1 saturated heterocycles. The zero-order chi connectivity index (χ0) is 22.5. The van der Waals surface area contributed by atoms with Crippen molar-refractivity contribution >= 4 is 27.2 Å². The van der Waals surface area contributed by atoms with Crippen molar-refractivity contribution in [2.24, 2.45) is 0 Å². The van der Waals surface area contributed by atoms with Gasteiger partial charge in [0.05, 0.1) is 18.2 Å².